The molecule has 4 aliphatic heterocycles. The van der Waals surface area contributed by atoms with Crippen LogP contribution in [0.3, 0.4) is 0 Å². The zero-order valence-electron chi connectivity index (χ0n) is 17.5. The summed E-state index contributed by atoms with van der Waals surface area (Å²) < 4.78 is 5.63. The molecule has 2 unspecified atom stereocenters. The lowest BCUT2D eigenvalue weighted by molar-refractivity contribution is -0.0413. The molecule has 0 radical (unpaired) electrons. The number of likely N-dealkylation sites (tertiary alicyclic amines) is 1. The van der Waals surface area contributed by atoms with E-state index in [1.807, 2.05) is 7.11 Å². The third kappa shape index (κ3) is 2.61. The lowest BCUT2D eigenvalue weighted by Crippen LogP contribution is -2.62. The fourth-order valence-corrected chi connectivity index (χ4v) is 8.01. The summed E-state index contributed by atoms with van der Waals surface area (Å²) in [5, 5.41) is 0. The quantitative estimate of drug-likeness (QED) is 0.785. The summed E-state index contributed by atoms with van der Waals surface area (Å²) in [6.45, 7) is 6.79. The summed E-state index contributed by atoms with van der Waals surface area (Å²) >= 11 is 0. The topological polar surface area (TPSA) is 15.7 Å². The molecule has 1 saturated carbocycles. The first-order valence-corrected chi connectivity index (χ1v) is 11.9. The number of fused-ring (bicyclic) bond motifs is 4. The minimum absolute atomic E-state index is 0.441. The number of rotatable bonds is 3. The predicted octanol–water partition coefficient (Wildman–Crippen LogP) is 4.10. The van der Waals surface area contributed by atoms with Gasteiger partial charge in [0, 0.05) is 24.5 Å². The van der Waals surface area contributed by atoms with Crippen molar-refractivity contribution in [1.29, 1.82) is 0 Å². The van der Waals surface area contributed by atoms with Crippen LogP contribution in [0, 0.1) is 17.8 Å². The average molecular weight is 381 g/mol. The number of hydrogen-bond donors (Lipinski definition) is 0. The lowest BCUT2D eigenvalue weighted by atomic mass is 9.52. The predicted molar refractivity (Wildman–Crippen MR) is 113 cm³/mol. The summed E-state index contributed by atoms with van der Waals surface area (Å²) in [7, 11) is 1.82. The van der Waals surface area contributed by atoms with Crippen molar-refractivity contribution >= 4 is 0 Å². The van der Waals surface area contributed by atoms with Gasteiger partial charge in [0.15, 0.2) is 0 Å². The van der Waals surface area contributed by atoms with Crippen molar-refractivity contribution in [3.8, 4) is 5.75 Å². The van der Waals surface area contributed by atoms with Crippen LogP contribution in [0.2, 0.25) is 0 Å². The van der Waals surface area contributed by atoms with E-state index in [-0.39, 0.29) is 0 Å². The molecule has 6 aliphatic rings. The Balaban J connectivity index is 1.31. The molecule has 1 aromatic carbocycles. The maximum Gasteiger partial charge on any atom is 0.119 e. The Labute approximate surface area is 170 Å². The number of ether oxygens (including phenoxy) is 1. The first-order valence-electron chi connectivity index (χ1n) is 11.9. The molecule has 4 saturated heterocycles. The van der Waals surface area contributed by atoms with Gasteiger partial charge in [0.1, 0.15) is 5.75 Å². The summed E-state index contributed by atoms with van der Waals surface area (Å²) in [5.74, 6) is 3.86. The Kier molecular flexibility index (Phi) is 4.28. The smallest absolute Gasteiger partial charge is 0.119 e. The van der Waals surface area contributed by atoms with Crippen molar-refractivity contribution in [3.63, 3.8) is 0 Å². The molecule has 4 heterocycles. The standard InChI is InChI=1S/C25H36N2O/c1-28-21-6-5-19-14-24-22-4-2-3-9-25(22,23(19)15-21)10-13-27(24)17-20-16-26-11-7-18(20)8-12-26/h5-6,15,18,20,22,24H,2-4,7-14,16-17H2,1H3/t20?,22?,24-,25-/m0/s1. The molecule has 4 atom stereocenters. The van der Waals surface area contributed by atoms with Gasteiger partial charge in [-0.05, 0) is 99.2 Å². The number of hydrogen-bond acceptors (Lipinski definition) is 3. The van der Waals surface area contributed by atoms with Gasteiger partial charge in [0.05, 0.1) is 7.11 Å². The van der Waals surface area contributed by atoms with E-state index >= 15 is 0 Å². The second-order valence-corrected chi connectivity index (χ2v) is 10.4. The zero-order chi connectivity index (χ0) is 18.7. The van der Waals surface area contributed by atoms with Gasteiger partial charge in [-0.1, -0.05) is 18.9 Å². The monoisotopic (exact) mass is 380 g/mol. The largest absolute Gasteiger partial charge is 0.497 e. The van der Waals surface area contributed by atoms with Gasteiger partial charge >= 0.3 is 0 Å². The van der Waals surface area contributed by atoms with Gasteiger partial charge in [-0.3, -0.25) is 4.90 Å². The second-order valence-electron chi connectivity index (χ2n) is 10.4. The molecule has 0 spiro atoms. The number of methoxy groups -OCH3 is 1. The van der Waals surface area contributed by atoms with Crippen LogP contribution in [0.4, 0.5) is 0 Å². The number of benzene rings is 1. The molecule has 0 aromatic heterocycles. The van der Waals surface area contributed by atoms with E-state index in [0.717, 1.165) is 29.5 Å². The minimum atomic E-state index is 0.441. The van der Waals surface area contributed by atoms with Gasteiger partial charge in [0.2, 0.25) is 0 Å². The third-order valence-electron chi connectivity index (χ3n) is 9.42. The van der Waals surface area contributed by atoms with Crippen LogP contribution in [0.15, 0.2) is 18.2 Å². The van der Waals surface area contributed by atoms with E-state index in [4.69, 9.17) is 4.74 Å². The van der Waals surface area contributed by atoms with Gasteiger partial charge in [-0.25, -0.2) is 0 Å². The molecule has 1 aromatic rings. The maximum absolute atomic E-state index is 5.63. The first-order chi connectivity index (χ1) is 13.8. The van der Waals surface area contributed by atoms with Crippen LogP contribution in [0.5, 0.6) is 5.75 Å². The number of piperidine rings is 4. The van der Waals surface area contributed by atoms with E-state index in [0.29, 0.717) is 5.41 Å². The lowest BCUT2D eigenvalue weighted by Gasteiger charge is -2.60. The molecule has 7 rings (SSSR count). The Morgan fingerprint density at radius 3 is 2.75 bits per heavy atom. The van der Waals surface area contributed by atoms with Gasteiger partial charge in [-0.15, -0.1) is 0 Å². The Bertz CT molecular complexity index is 740. The fourth-order valence-electron chi connectivity index (χ4n) is 8.01. The van der Waals surface area contributed by atoms with Crippen molar-refractivity contribution in [1.82, 2.24) is 9.80 Å². The molecule has 2 aliphatic carbocycles. The highest BCUT2D eigenvalue weighted by molar-refractivity contribution is 5.45. The van der Waals surface area contributed by atoms with Crippen LogP contribution >= 0.6 is 0 Å². The molecule has 5 fully saturated rings. The van der Waals surface area contributed by atoms with Crippen LogP contribution in [-0.4, -0.2) is 55.7 Å². The van der Waals surface area contributed by atoms with E-state index in [1.54, 1.807) is 11.1 Å². The van der Waals surface area contributed by atoms with Gasteiger partial charge in [-0.2, -0.15) is 0 Å². The molecule has 28 heavy (non-hydrogen) atoms. The average Bonchev–Trinajstić information content (AvgIpc) is 2.76. The second kappa shape index (κ2) is 6.74. The fraction of sp³-hybridized carbons (Fsp3) is 0.760. The molecule has 0 amide bonds. The van der Waals surface area contributed by atoms with Gasteiger partial charge in [0.25, 0.3) is 0 Å². The number of nitrogens with zero attached hydrogens (tertiary/aromatic N) is 2. The van der Waals surface area contributed by atoms with Crippen molar-refractivity contribution in [2.24, 2.45) is 17.8 Å². The maximum atomic E-state index is 5.63. The van der Waals surface area contributed by atoms with Crippen LogP contribution < -0.4 is 4.74 Å². The van der Waals surface area contributed by atoms with Crippen LogP contribution in [-0.2, 0) is 11.8 Å². The third-order valence-corrected chi connectivity index (χ3v) is 9.42. The molecule has 4 bridgehead atoms. The van der Waals surface area contributed by atoms with E-state index in [1.165, 1.54) is 84.1 Å². The highest BCUT2D eigenvalue weighted by Gasteiger charge is 2.54. The van der Waals surface area contributed by atoms with Crippen LogP contribution in [0.25, 0.3) is 0 Å². The molecule has 0 N–H and O–H groups in total. The first kappa shape index (κ1) is 17.8. The normalized spacial score (nSPS) is 42.0. The zero-order valence-corrected chi connectivity index (χ0v) is 17.5. The van der Waals surface area contributed by atoms with E-state index < -0.39 is 0 Å². The summed E-state index contributed by atoms with van der Waals surface area (Å²) in [6.07, 6.45) is 11.3. The molecular formula is C25H36N2O. The Hall–Kier alpha value is -1.06. The Morgan fingerprint density at radius 1 is 1.07 bits per heavy atom. The molecular weight excluding hydrogens is 344 g/mol. The molecule has 152 valence electrons. The highest BCUT2D eigenvalue weighted by atomic mass is 16.5. The highest BCUT2D eigenvalue weighted by Crippen LogP contribution is 2.56. The van der Waals surface area contributed by atoms with Gasteiger partial charge < -0.3 is 9.64 Å². The summed E-state index contributed by atoms with van der Waals surface area (Å²) in [4.78, 5) is 5.70. The van der Waals surface area contributed by atoms with Crippen LogP contribution in [0.1, 0.15) is 56.1 Å². The van der Waals surface area contributed by atoms with E-state index in [9.17, 15) is 0 Å². The van der Waals surface area contributed by atoms with Crippen molar-refractivity contribution < 1.29 is 4.74 Å². The van der Waals surface area contributed by atoms with E-state index in [2.05, 4.69) is 28.0 Å². The van der Waals surface area contributed by atoms with Crippen molar-refractivity contribution in [2.75, 3.05) is 39.8 Å². The molecule has 3 heteroatoms. The Morgan fingerprint density at radius 2 is 1.96 bits per heavy atom. The molecule has 3 nitrogen and oxygen atoms in total. The summed E-state index contributed by atoms with van der Waals surface area (Å²) in [5.41, 5.74) is 3.73. The SMILES string of the molecule is COc1ccc2c(c1)[C@]13CCCCC1[C@H](C2)N(CC1CN2CCC1CC2)CC3. The van der Waals surface area contributed by atoms with Crippen molar-refractivity contribution in [2.45, 2.75) is 62.8 Å². The minimum Gasteiger partial charge on any atom is -0.497 e. The summed E-state index contributed by atoms with van der Waals surface area (Å²) in [6, 6.07) is 7.79. The van der Waals surface area contributed by atoms with Crippen molar-refractivity contribution in [3.05, 3.63) is 29.3 Å².